The molecule has 0 aromatic heterocycles. The standard InChI is InChI=1S/C17H22F2N2O3/c1-12(2)16(23)21-8-6-20(7-9-21)15(22)11-13-4-3-5-14(10-13)24-17(18)19/h3-5,10,12,17H,6-9,11H2,1-2H3. The first-order valence-corrected chi connectivity index (χ1v) is 7.97. The summed E-state index contributed by atoms with van der Waals surface area (Å²) >= 11 is 0. The van der Waals surface area contributed by atoms with Crippen LogP contribution in [0.1, 0.15) is 19.4 Å². The number of hydrogen-bond acceptors (Lipinski definition) is 3. The first-order valence-electron chi connectivity index (χ1n) is 7.97. The van der Waals surface area contributed by atoms with Gasteiger partial charge in [0.05, 0.1) is 6.42 Å². The fourth-order valence-electron chi connectivity index (χ4n) is 2.66. The smallest absolute Gasteiger partial charge is 0.387 e. The number of halogens is 2. The molecule has 5 nitrogen and oxygen atoms in total. The molecule has 0 saturated carbocycles. The Kier molecular flexibility index (Phi) is 6.11. The van der Waals surface area contributed by atoms with E-state index in [-0.39, 0.29) is 29.9 Å². The van der Waals surface area contributed by atoms with E-state index in [0.717, 1.165) is 0 Å². The van der Waals surface area contributed by atoms with Gasteiger partial charge in [0.2, 0.25) is 11.8 Å². The van der Waals surface area contributed by atoms with Crippen molar-refractivity contribution in [2.45, 2.75) is 26.9 Å². The normalized spacial score (nSPS) is 15.1. The largest absolute Gasteiger partial charge is 0.435 e. The van der Waals surface area contributed by atoms with Crippen LogP contribution in [0.3, 0.4) is 0 Å². The second kappa shape index (κ2) is 8.08. The SMILES string of the molecule is CC(C)C(=O)N1CCN(C(=O)Cc2cccc(OC(F)F)c2)CC1. The summed E-state index contributed by atoms with van der Waals surface area (Å²) in [6.45, 7) is 2.86. The Labute approximate surface area is 140 Å². The van der Waals surface area contributed by atoms with Crippen molar-refractivity contribution in [3.05, 3.63) is 29.8 Å². The third-order valence-corrected chi connectivity index (χ3v) is 3.92. The summed E-state index contributed by atoms with van der Waals surface area (Å²) in [7, 11) is 0. The number of hydrogen-bond donors (Lipinski definition) is 0. The van der Waals surface area contributed by atoms with E-state index in [1.165, 1.54) is 12.1 Å². The first kappa shape index (κ1) is 18.2. The molecule has 1 saturated heterocycles. The molecule has 7 heteroatoms. The van der Waals surface area contributed by atoms with Crippen molar-refractivity contribution < 1.29 is 23.1 Å². The maximum absolute atomic E-state index is 12.3. The molecule has 2 rings (SSSR count). The number of ether oxygens (including phenoxy) is 1. The van der Waals surface area contributed by atoms with Crippen molar-refractivity contribution in [2.24, 2.45) is 5.92 Å². The number of nitrogens with zero attached hydrogens (tertiary/aromatic N) is 2. The fourth-order valence-corrected chi connectivity index (χ4v) is 2.66. The molecule has 132 valence electrons. The second-order valence-corrected chi connectivity index (χ2v) is 6.06. The van der Waals surface area contributed by atoms with E-state index in [2.05, 4.69) is 4.74 Å². The van der Waals surface area contributed by atoms with Gasteiger partial charge in [-0.1, -0.05) is 26.0 Å². The third kappa shape index (κ3) is 4.91. The average molecular weight is 340 g/mol. The van der Waals surface area contributed by atoms with E-state index in [4.69, 9.17) is 0 Å². The van der Waals surface area contributed by atoms with E-state index >= 15 is 0 Å². The quantitative estimate of drug-likeness (QED) is 0.825. The van der Waals surface area contributed by atoms with Crippen molar-refractivity contribution in [2.75, 3.05) is 26.2 Å². The fraction of sp³-hybridized carbons (Fsp3) is 0.529. The predicted octanol–water partition coefficient (Wildman–Crippen LogP) is 2.16. The van der Waals surface area contributed by atoms with Gasteiger partial charge in [0.15, 0.2) is 0 Å². The number of alkyl halides is 2. The lowest BCUT2D eigenvalue weighted by Crippen LogP contribution is -2.51. The second-order valence-electron chi connectivity index (χ2n) is 6.06. The number of carbonyl (C=O) groups is 2. The van der Waals surface area contributed by atoms with Gasteiger partial charge >= 0.3 is 6.61 Å². The number of benzene rings is 1. The van der Waals surface area contributed by atoms with Crippen molar-refractivity contribution in [3.63, 3.8) is 0 Å². The van der Waals surface area contributed by atoms with Crippen LogP contribution in [0.15, 0.2) is 24.3 Å². The molecular formula is C17H22F2N2O3. The number of piperazine rings is 1. The molecule has 0 aliphatic carbocycles. The molecule has 0 spiro atoms. The topological polar surface area (TPSA) is 49.9 Å². The first-order chi connectivity index (χ1) is 11.4. The van der Waals surface area contributed by atoms with Gasteiger partial charge in [-0.2, -0.15) is 8.78 Å². The minimum absolute atomic E-state index is 0.0441. The zero-order valence-electron chi connectivity index (χ0n) is 13.9. The van der Waals surface area contributed by atoms with Crippen LogP contribution in [-0.4, -0.2) is 54.4 Å². The van der Waals surface area contributed by atoms with Crippen LogP contribution in [0.25, 0.3) is 0 Å². The lowest BCUT2D eigenvalue weighted by molar-refractivity contribution is -0.141. The Hall–Kier alpha value is -2.18. The molecular weight excluding hydrogens is 318 g/mol. The van der Waals surface area contributed by atoms with E-state index in [0.29, 0.717) is 31.7 Å². The molecule has 1 fully saturated rings. The van der Waals surface area contributed by atoms with E-state index in [1.807, 2.05) is 13.8 Å². The van der Waals surface area contributed by atoms with E-state index in [1.54, 1.807) is 21.9 Å². The molecule has 2 amide bonds. The highest BCUT2D eigenvalue weighted by molar-refractivity contribution is 5.80. The minimum Gasteiger partial charge on any atom is -0.435 e. The van der Waals surface area contributed by atoms with Crippen molar-refractivity contribution in [3.8, 4) is 5.75 Å². The van der Waals surface area contributed by atoms with Crippen molar-refractivity contribution in [1.82, 2.24) is 9.80 Å². The van der Waals surface area contributed by atoms with Crippen LogP contribution in [-0.2, 0) is 16.0 Å². The lowest BCUT2D eigenvalue weighted by atomic mass is 10.1. The lowest BCUT2D eigenvalue weighted by Gasteiger charge is -2.35. The predicted molar refractivity (Wildman–Crippen MR) is 84.8 cm³/mol. The van der Waals surface area contributed by atoms with Crippen LogP contribution in [0, 0.1) is 5.92 Å². The zero-order valence-corrected chi connectivity index (χ0v) is 13.9. The van der Waals surface area contributed by atoms with Gasteiger partial charge in [-0.05, 0) is 17.7 Å². The Morgan fingerprint density at radius 3 is 2.33 bits per heavy atom. The molecule has 24 heavy (non-hydrogen) atoms. The van der Waals surface area contributed by atoms with Gasteiger partial charge in [-0.15, -0.1) is 0 Å². The Morgan fingerprint density at radius 2 is 1.75 bits per heavy atom. The monoisotopic (exact) mass is 340 g/mol. The van der Waals surface area contributed by atoms with Crippen LogP contribution < -0.4 is 4.74 Å². The van der Waals surface area contributed by atoms with Crippen molar-refractivity contribution in [1.29, 1.82) is 0 Å². The number of amides is 2. The maximum atomic E-state index is 12.3. The summed E-state index contributed by atoms with van der Waals surface area (Å²) in [5.74, 6) is 0.00673. The summed E-state index contributed by atoms with van der Waals surface area (Å²) in [5, 5.41) is 0. The third-order valence-electron chi connectivity index (χ3n) is 3.92. The van der Waals surface area contributed by atoms with Crippen molar-refractivity contribution >= 4 is 11.8 Å². The molecule has 0 atom stereocenters. The highest BCUT2D eigenvalue weighted by atomic mass is 19.3. The Balaban J connectivity index is 1.89. The van der Waals surface area contributed by atoms with Crippen LogP contribution in [0.5, 0.6) is 5.75 Å². The summed E-state index contributed by atoms with van der Waals surface area (Å²) in [4.78, 5) is 27.8. The molecule has 1 heterocycles. The van der Waals surface area contributed by atoms with Gasteiger partial charge in [0.25, 0.3) is 0 Å². The van der Waals surface area contributed by atoms with Crippen LogP contribution >= 0.6 is 0 Å². The van der Waals surface area contributed by atoms with Crippen LogP contribution in [0.2, 0.25) is 0 Å². The van der Waals surface area contributed by atoms with Gasteiger partial charge in [0, 0.05) is 32.1 Å². The van der Waals surface area contributed by atoms with Gasteiger partial charge in [0.1, 0.15) is 5.75 Å². The molecule has 0 N–H and O–H groups in total. The van der Waals surface area contributed by atoms with Gasteiger partial charge in [-0.3, -0.25) is 9.59 Å². The van der Waals surface area contributed by atoms with E-state index < -0.39 is 6.61 Å². The summed E-state index contributed by atoms with van der Waals surface area (Å²) in [5.41, 5.74) is 0.624. The molecule has 1 aromatic rings. The minimum atomic E-state index is -2.89. The molecule has 0 unspecified atom stereocenters. The van der Waals surface area contributed by atoms with E-state index in [9.17, 15) is 18.4 Å². The molecule has 0 radical (unpaired) electrons. The van der Waals surface area contributed by atoms with Crippen LogP contribution in [0.4, 0.5) is 8.78 Å². The highest BCUT2D eigenvalue weighted by Crippen LogP contribution is 2.17. The summed E-state index contributed by atoms with van der Waals surface area (Å²) < 4.78 is 28.8. The molecule has 0 bridgehead atoms. The molecule has 1 aliphatic heterocycles. The Bertz CT molecular complexity index is 585. The number of rotatable bonds is 5. The zero-order chi connectivity index (χ0) is 17.7. The average Bonchev–Trinajstić information content (AvgIpc) is 2.54. The molecule has 1 aromatic carbocycles. The maximum Gasteiger partial charge on any atom is 0.387 e. The summed E-state index contributed by atoms with van der Waals surface area (Å²) in [6, 6.07) is 6.16. The summed E-state index contributed by atoms with van der Waals surface area (Å²) in [6.07, 6.45) is 0.124. The molecule has 1 aliphatic rings. The Morgan fingerprint density at radius 1 is 1.12 bits per heavy atom. The number of carbonyl (C=O) groups excluding carboxylic acids is 2. The van der Waals surface area contributed by atoms with Gasteiger partial charge < -0.3 is 14.5 Å². The highest BCUT2D eigenvalue weighted by Gasteiger charge is 2.25. The van der Waals surface area contributed by atoms with Gasteiger partial charge in [-0.25, -0.2) is 0 Å².